The van der Waals surface area contributed by atoms with Crippen LogP contribution in [0, 0.1) is 5.92 Å². The van der Waals surface area contributed by atoms with Crippen LogP contribution in [-0.4, -0.2) is 22.2 Å². The molecule has 0 aromatic rings. The van der Waals surface area contributed by atoms with Gasteiger partial charge < -0.3 is 10.2 Å². The Morgan fingerprint density at radius 2 is 2.15 bits per heavy atom. The fraction of sp³-hybridized carbons (Fsp3) is 0.556. The smallest absolute Gasteiger partial charge is 0.310 e. The van der Waals surface area contributed by atoms with Crippen LogP contribution in [0.2, 0.25) is 0 Å². The molecule has 1 unspecified atom stereocenters. The Bertz CT molecular complexity index is 254. The molecule has 0 radical (unpaired) electrons. The summed E-state index contributed by atoms with van der Waals surface area (Å²) in [5.41, 5.74) is 0.547. The van der Waals surface area contributed by atoms with Gasteiger partial charge in [-0.15, -0.1) is 0 Å². The second kappa shape index (κ2) is 4.07. The Balaban J connectivity index is 2.71. The first kappa shape index (κ1) is 9.77. The molecule has 0 saturated carbocycles. The maximum Gasteiger partial charge on any atom is 0.310 e. The number of aliphatic carboxylic acids is 2. The summed E-state index contributed by atoms with van der Waals surface area (Å²) < 4.78 is 0. The molecule has 1 aliphatic rings. The molecule has 4 heteroatoms. The van der Waals surface area contributed by atoms with Crippen LogP contribution in [0.3, 0.4) is 0 Å². The fourth-order valence-corrected chi connectivity index (χ4v) is 1.59. The summed E-state index contributed by atoms with van der Waals surface area (Å²) in [7, 11) is 0. The first-order valence-electron chi connectivity index (χ1n) is 4.25. The van der Waals surface area contributed by atoms with Gasteiger partial charge in [-0.1, -0.05) is 6.08 Å². The van der Waals surface area contributed by atoms with Crippen molar-refractivity contribution in [1.82, 2.24) is 0 Å². The predicted octanol–water partition coefficient (Wildman–Crippen LogP) is 1.27. The van der Waals surface area contributed by atoms with Gasteiger partial charge in [-0.2, -0.15) is 0 Å². The summed E-state index contributed by atoms with van der Waals surface area (Å²) in [5, 5.41) is 17.3. The zero-order valence-corrected chi connectivity index (χ0v) is 7.19. The van der Waals surface area contributed by atoms with E-state index in [4.69, 9.17) is 10.2 Å². The largest absolute Gasteiger partial charge is 0.481 e. The van der Waals surface area contributed by atoms with Crippen molar-refractivity contribution in [3.8, 4) is 0 Å². The summed E-state index contributed by atoms with van der Waals surface area (Å²) in [5.74, 6) is -2.45. The van der Waals surface area contributed by atoms with E-state index in [1.54, 1.807) is 6.08 Å². The topological polar surface area (TPSA) is 74.6 Å². The minimum atomic E-state index is -0.959. The minimum absolute atomic E-state index is 0.142. The highest BCUT2D eigenvalue weighted by molar-refractivity contribution is 5.78. The molecule has 0 heterocycles. The van der Waals surface area contributed by atoms with Crippen LogP contribution in [0.4, 0.5) is 0 Å². The van der Waals surface area contributed by atoms with E-state index in [0.29, 0.717) is 12.0 Å². The van der Waals surface area contributed by atoms with Crippen molar-refractivity contribution in [1.29, 1.82) is 0 Å². The van der Waals surface area contributed by atoms with Gasteiger partial charge in [-0.25, -0.2) is 0 Å². The summed E-state index contributed by atoms with van der Waals surface area (Å²) >= 11 is 0. The molecule has 4 nitrogen and oxygen atoms in total. The van der Waals surface area contributed by atoms with Crippen LogP contribution >= 0.6 is 0 Å². The Morgan fingerprint density at radius 1 is 1.46 bits per heavy atom. The van der Waals surface area contributed by atoms with Crippen molar-refractivity contribution in [3.63, 3.8) is 0 Å². The van der Waals surface area contributed by atoms with Gasteiger partial charge in [0.2, 0.25) is 0 Å². The lowest BCUT2D eigenvalue weighted by atomic mass is 9.86. The van der Waals surface area contributed by atoms with Crippen molar-refractivity contribution >= 4 is 11.9 Å². The summed E-state index contributed by atoms with van der Waals surface area (Å²) in [4.78, 5) is 21.1. The van der Waals surface area contributed by atoms with Gasteiger partial charge in [0.25, 0.3) is 0 Å². The number of allylic oxidation sites excluding steroid dienone is 1. The molecule has 0 bridgehead atoms. The van der Waals surface area contributed by atoms with Crippen molar-refractivity contribution < 1.29 is 19.8 Å². The second-order valence-electron chi connectivity index (χ2n) is 3.17. The van der Waals surface area contributed by atoms with Crippen molar-refractivity contribution in [2.45, 2.75) is 25.7 Å². The second-order valence-corrected chi connectivity index (χ2v) is 3.17. The van der Waals surface area contributed by atoms with Crippen LogP contribution in [0.1, 0.15) is 25.7 Å². The van der Waals surface area contributed by atoms with E-state index >= 15 is 0 Å². The maximum atomic E-state index is 10.7. The molecule has 0 aromatic heterocycles. The number of rotatable bonds is 3. The van der Waals surface area contributed by atoms with Crippen LogP contribution in [0.5, 0.6) is 0 Å². The Labute approximate surface area is 75.9 Å². The van der Waals surface area contributed by atoms with Gasteiger partial charge in [0, 0.05) is 0 Å². The normalized spacial score (nSPS) is 22.2. The van der Waals surface area contributed by atoms with Crippen molar-refractivity contribution in [2.75, 3.05) is 0 Å². The highest BCUT2D eigenvalue weighted by Gasteiger charge is 2.25. The van der Waals surface area contributed by atoms with Crippen LogP contribution in [0.25, 0.3) is 0 Å². The molecule has 13 heavy (non-hydrogen) atoms. The van der Waals surface area contributed by atoms with Crippen LogP contribution < -0.4 is 0 Å². The van der Waals surface area contributed by atoms with E-state index in [1.165, 1.54) is 0 Å². The lowest BCUT2D eigenvalue weighted by Crippen LogP contribution is -2.20. The summed E-state index contributed by atoms with van der Waals surface area (Å²) in [6, 6.07) is 0. The van der Waals surface area contributed by atoms with E-state index in [-0.39, 0.29) is 6.42 Å². The number of hydrogen-bond acceptors (Lipinski definition) is 2. The van der Waals surface area contributed by atoms with Crippen LogP contribution in [0.15, 0.2) is 11.6 Å². The summed E-state index contributed by atoms with van der Waals surface area (Å²) in [6.45, 7) is 0. The minimum Gasteiger partial charge on any atom is -0.481 e. The molecular weight excluding hydrogens is 172 g/mol. The number of carboxylic acid groups (broad SMARTS) is 2. The Kier molecular flexibility index (Phi) is 3.06. The first-order valence-corrected chi connectivity index (χ1v) is 4.25. The molecular formula is C9H12O4. The zero-order valence-electron chi connectivity index (χ0n) is 7.19. The third-order valence-corrected chi connectivity index (χ3v) is 2.20. The lowest BCUT2D eigenvalue weighted by molar-refractivity contribution is -0.141. The van der Waals surface area contributed by atoms with Crippen molar-refractivity contribution in [2.24, 2.45) is 5.92 Å². The molecule has 0 aromatic carbocycles. The third-order valence-electron chi connectivity index (χ3n) is 2.20. The monoisotopic (exact) mass is 184 g/mol. The molecule has 0 aliphatic heterocycles. The predicted molar refractivity (Wildman–Crippen MR) is 45.3 cm³/mol. The van der Waals surface area contributed by atoms with E-state index < -0.39 is 17.9 Å². The SMILES string of the molecule is O=C(O)CC1=CCCCC1C(=O)O. The van der Waals surface area contributed by atoms with Gasteiger partial charge in [-0.05, 0) is 24.8 Å². The van der Waals surface area contributed by atoms with Gasteiger partial charge >= 0.3 is 11.9 Å². The molecule has 1 aliphatic carbocycles. The maximum absolute atomic E-state index is 10.7. The van der Waals surface area contributed by atoms with E-state index in [9.17, 15) is 9.59 Å². The van der Waals surface area contributed by atoms with Crippen LogP contribution in [-0.2, 0) is 9.59 Å². The Morgan fingerprint density at radius 3 is 2.69 bits per heavy atom. The molecule has 0 spiro atoms. The number of carboxylic acids is 2. The average molecular weight is 184 g/mol. The average Bonchev–Trinajstić information content (AvgIpc) is 2.03. The third kappa shape index (κ3) is 2.57. The molecule has 0 amide bonds. The highest BCUT2D eigenvalue weighted by atomic mass is 16.4. The molecule has 1 rings (SSSR count). The molecule has 0 saturated heterocycles. The molecule has 0 fully saturated rings. The number of hydrogen-bond donors (Lipinski definition) is 2. The van der Waals surface area contributed by atoms with Gasteiger partial charge in [0.15, 0.2) is 0 Å². The van der Waals surface area contributed by atoms with E-state index in [1.807, 2.05) is 0 Å². The van der Waals surface area contributed by atoms with E-state index in [2.05, 4.69) is 0 Å². The first-order chi connectivity index (χ1) is 6.11. The fourth-order valence-electron chi connectivity index (χ4n) is 1.59. The summed E-state index contributed by atoms with van der Waals surface area (Å²) in [6.07, 6.45) is 3.80. The van der Waals surface area contributed by atoms with Gasteiger partial charge in [-0.3, -0.25) is 9.59 Å². The zero-order chi connectivity index (χ0) is 9.84. The Hall–Kier alpha value is -1.32. The standard InChI is InChI=1S/C9H12O4/c10-8(11)5-6-3-1-2-4-7(6)9(12)13/h3,7H,1-2,4-5H2,(H,10,11)(H,12,13). The molecule has 1 atom stereocenters. The van der Waals surface area contributed by atoms with E-state index in [0.717, 1.165) is 12.8 Å². The highest BCUT2D eigenvalue weighted by Crippen LogP contribution is 2.27. The number of carbonyl (C=O) groups is 2. The molecule has 2 N–H and O–H groups in total. The van der Waals surface area contributed by atoms with Gasteiger partial charge in [0.05, 0.1) is 12.3 Å². The van der Waals surface area contributed by atoms with Gasteiger partial charge in [0.1, 0.15) is 0 Å². The molecule has 72 valence electrons. The quantitative estimate of drug-likeness (QED) is 0.648. The van der Waals surface area contributed by atoms with Crippen molar-refractivity contribution in [3.05, 3.63) is 11.6 Å². The lowest BCUT2D eigenvalue weighted by Gasteiger charge is -2.19.